The van der Waals surface area contributed by atoms with Crippen LogP contribution in [0.3, 0.4) is 0 Å². The van der Waals surface area contributed by atoms with Crippen LogP contribution in [0.1, 0.15) is 226 Å². The van der Waals surface area contributed by atoms with E-state index < -0.39 is 0 Å². The fourth-order valence-electron chi connectivity index (χ4n) is 21.3. The van der Waals surface area contributed by atoms with Gasteiger partial charge in [-0.2, -0.15) is 0 Å². The molecule has 18 rings (SSSR count). The Morgan fingerprint density at radius 3 is 0.503 bits per heavy atom. The zero-order chi connectivity index (χ0) is 100.0. The normalized spacial score (nSPS) is 11.3. The minimum absolute atomic E-state index is 0.590. The topological polar surface area (TPSA) is 38.7 Å². The second kappa shape index (κ2) is 48.5. The van der Waals surface area contributed by atoms with Gasteiger partial charge in [0.15, 0.2) is 17.5 Å². The van der Waals surface area contributed by atoms with Crippen LogP contribution in [-0.4, -0.2) is 15.0 Å². The summed E-state index contributed by atoms with van der Waals surface area (Å²) in [6, 6.07) is 135. The smallest absolute Gasteiger partial charge is 0.164 e. The van der Waals surface area contributed by atoms with E-state index in [0.29, 0.717) is 29.3 Å². The predicted octanol–water partition coefficient (Wildman–Crippen LogP) is 40.7. The Labute approximate surface area is 856 Å². The Balaban J connectivity index is 0.000000155. The lowest BCUT2D eigenvalue weighted by molar-refractivity contribution is 0.507. The maximum Gasteiger partial charge on any atom is 0.164 e. The molecule has 0 unspecified atom stereocenters. The van der Waals surface area contributed by atoms with Gasteiger partial charge in [-0.3, -0.25) is 0 Å². The van der Waals surface area contributed by atoms with Gasteiger partial charge in [-0.05, 0) is 344 Å². The third-order valence-electron chi connectivity index (χ3n) is 28.1. The van der Waals surface area contributed by atoms with E-state index in [1.165, 1.54) is 297 Å². The summed E-state index contributed by atoms with van der Waals surface area (Å²) < 4.78 is 0. The van der Waals surface area contributed by atoms with E-state index in [9.17, 15) is 0 Å². The second-order valence-corrected chi connectivity index (χ2v) is 41.2. The first-order valence-electron chi connectivity index (χ1n) is 52.9. The van der Waals surface area contributed by atoms with Crippen molar-refractivity contribution in [1.29, 1.82) is 0 Å². The van der Waals surface area contributed by atoms with Crippen LogP contribution in [0.5, 0.6) is 0 Å². The van der Waals surface area contributed by atoms with Crippen LogP contribution >= 0.6 is 0 Å². The van der Waals surface area contributed by atoms with Crippen LogP contribution in [0, 0.1) is 90.0 Å². The lowest BCUT2D eigenvalue weighted by Crippen LogP contribution is -2.01. The van der Waals surface area contributed by atoms with Gasteiger partial charge in [0.1, 0.15) is 0 Å². The van der Waals surface area contributed by atoms with E-state index in [4.69, 9.17) is 15.0 Å². The number of benzene rings is 17. The molecule has 143 heavy (non-hydrogen) atoms. The number of aryl methyl sites for hydroxylation is 13. The summed E-state index contributed by atoms with van der Waals surface area (Å²) >= 11 is 0. The molecular formula is C140H145N3. The number of hydrogen-bond donors (Lipinski definition) is 0. The fraction of sp³-hybridized carbons (Fsp3) is 0.250. The maximum atomic E-state index is 5.12. The minimum atomic E-state index is 0.590. The lowest BCUT2D eigenvalue weighted by Gasteiger charge is -2.21. The van der Waals surface area contributed by atoms with Crippen LogP contribution in [0.4, 0.5) is 0 Å². The van der Waals surface area contributed by atoms with Crippen molar-refractivity contribution in [3.63, 3.8) is 0 Å². The first-order chi connectivity index (χ1) is 69.4. The average molecular weight is 1870 g/mol. The molecule has 0 bridgehead atoms. The van der Waals surface area contributed by atoms with Crippen LogP contribution in [0.25, 0.3) is 168 Å². The molecule has 1 aromatic heterocycles. The molecule has 0 saturated carbocycles. The Kier molecular flexibility index (Phi) is 34.5. The first kappa shape index (κ1) is 102. The summed E-state index contributed by atoms with van der Waals surface area (Å²) in [5.41, 5.74) is 52.7. The molecule has 0 aliphatic rings. The van der Waals surface area contributed by atoms with Crippen LogP contribution in [0.2, 0.25) is 0 Å². The number of aromatic nitrogens is 3. The van der Waals surface area contributed by atoms with E-state index >= 15 is 0 Å². The second-order valence-electron chi connectivity index (χ2n) is 41.2. The van der Waals surface area contributed by atoms with Crippen molar-refractivity contribution in [2.45, 2.75) is 232 Å². The van der Waals surface area contributed by atoms with Gasteiger partial charge in [0.2, 0.25) is 0 Å². The quantitative estimate of drug-likeness (QED) is 0.0385. The molecule has 17 aromatic carbocycles. The molecule has 18 aromatic rings. The van der Waals surface area contributed by atoms with Crippen LogP contribution in [-0.2, 0) is 0 Å². The van der Waals surface area contributed by atoms with Crippen molar-refractivity contribution >= 4 is 0 Å². The van der Waals surface area contributed by atoms with Gasteiger partial charge in [0.05, 0.1) is 0 Å². The highest BCUT2D eigenvalue weighted by Gasteiger charge is 2.23. The molecular weight excluding hydrogens is 1720 g/mol. The van der Waals surface area contributed by atoms with Gasteiger partial charge in [0.25, 0.3) is 0 Å². The molecule has 0 radical (unpaired) electrons. The van der Waals surface area contributed by atoms with Crippen LogP contribution in [0.15, 0.2) is 364 Å². The van der Waals surface area contributed by atoms with Crippen molar-refractivity contribution in [1.82, 2.24) is 15.0 Å². The van der Waals surface area contributed by atoms with Gasteiger partial charge < -0.3 is 0 Å². The van der Waals surface area contributed by atoms with Gasteiger partial charge in [-0.1, -0.05) is 469 Å². The zero-order valence-corrected chi connectivity index (χ0v) is 88.0. The van der Waals surface area contributed by atoms with Gasteiger partial charge in [0, 0.05) is 16.7 Å². The van der Waals surface area contributed by atoms with Gasteiger partial charge >= 0.3 is 0 Å². The largest absolute Gasteiger partial charge is 0.208 e. The first-order valence-corrected chi connectivity index (χ1v) is 52.9. The molecule has 0 amide bonds. The average Bonchev–Trinajstić information content (AvgIpc) is 0.777. The highest BCUT2D eigenvalue weighted by atomic mass is 15.0. The number of hydrogen-bond acceptors (Lipinski definition) is 3. The Bertz CT molecular complexity index is 7000. The summed E-state index contributed by atoms with van der Waals surface area (Å²) in [5, 5.41) is 0. The van der Waals surface area contributed by atoms with Crippen LogP contribution < -0.4 is 0 Å². The molecule has 1 heterocycles. The Morgan fingerprint density at radius 1 is 0.140 bits per heavy atom. The molecule has 0 atom stereocenters. The molecule has 0 N–H and O–H groups in total. The molecule has 3 nitrogen and oxygen atoms in total. The van der Waals surface area contributed by atoms with Crippen molar-refractivity contribution in [2.75, 3.05) is 0 Å². The van der Waals surface area contributed by atoms with Gasteiger partial charge in [-0.25, -0.2) is 15.0 Å². The maximum absolute atomic E-state index is 5.12. The lowest BCUT2D eigenvalue weighted by atomic mass is 9.84. The summed E-state index contributed by atoms with van der Waals surface area (Å²) in [4.78, 5) is 15.2. The summed E-state index contributed by atoms with van der Waals surface area (Å²) in [6.45, 7) is 37.7. The molecule has 0 spiro atoms. The molecule has 3 heteroatoms. The van der Waals surface area contributed by atoms with Gasteiger partial charge in [-0.15, -0.1) is 0 Å². The molecule has 0 saturated heterocycles. The molecule has 0 aliphatic heterocycles. The standard InChI is InChI=1S/C49H39N3.C46H54.C45H52/c1-32-21-33(2)24-42(23-32)38-17-11-19-40(27-38)44-29-45(41-20-12-18-39(28-41)43-25-34(3)22-35(4)26-43)31-46(30-44)49-51-47(36-13-7-5-8-14-36)50-48(52-49)37-15-9-6-10-16-37;1-8-10-12-15-37(16-13-11-9-2)44-29-45(41-23-34(5)20-35(6)24-41)31-46(30-44)43-26-36(7)25-42(28-43)39-18-14-17-38(27-39)40-21-32(3)19-33(4)22-40;1-7-9-11-15-36(16-12-10-8-2)43-29-44(39-19-13-17-37(27-39)41-23-32(3)21-33(4)24-41)31-45(30-43)40-20-14-18-38(28-40)42-25-34(5)22-35(6)26-42/h5-31H,1-4H3;14,17-31,37H,8-13,15-16H2,1-7H3;13-14,17-31,36H,7-12,15-16H2,1-6H3. The third-order valence-corrected chi connectivity index (χ3v) is 28.1. The highest BCUT2D eigenvalue weighted by Crippen LogP contribution is 2.44. The summed E-state index contributed by atoms with van der Waals surface area (Å²) in [5.74, 6) is 3.11. The van der Waals surface area contributed by atoms with Crippen molar-refractivity contribution in [3.05, 3.63) is 447 Å². The highest BCUT2D eigenvalue weighted by molar-refractivity contribution is 5.87. The molecule has 0 aliphatic carbocycles. The van der Waals surface area contributed by atoms with Crippen molar-refractivity contribution < 1.29 is 0 Å². The molecule has 720 valence electrons. The van der Waals surface area contributed by atoms with E-state index in [-0.39, 0.29) is 0 Å². The van der Waals surface area contributed by atoms with E-state index in [2.05, 4.69) is 421 Å². The Morgan fingerprint density at radius 2 is 0.287 bits per heavy atom. The zero-order valence-electron chi connectivity index (χ0n) is 88.0. The monoisotopic (exact) mass is 1870 g/mol. The van der Waals surface area contributed by atoms with E-state index in [1.807, 2.05) is 60.7 Å². The van der Waals surface area contributed by atoms with E-state index in [1.54, 1.807) is 0 Å². The number of nitrogens with zero attached hydrogens (tertiary/aromatic N) is 3. The number of unbranched alkanes of at least 4 members (excludes halogenated alkanes) is 8. The minimum Gasteiger partial charge on any atom is -0.208 e. The molecule has 0 fully saturated rings. The van der Waals surface area contributed by atoms with Crippen molar-refractivity contribution in [2.24, 2.45) is 0 Å². The predicted molar refractivity (Wildman–Crippen MR) is 618 cm³/mol. The Hall–Kier alpha value is -14.3. The van der Waals surface area contributed by atoms with Crippen molar-refractivity contribution in [3.8, 4) is 168 Å². The third kappa shape index (κ3) is 27.4. The summed E-state index contributed by atoms with van der Waals surface area (Å²) in [6.07, 6.45) is 20.6. The fourth-order valence-corrected chi connectivity index (χ4v) is 21.3. The summed E-state index contributed by atoms with van der Waals surface area (Å²) in [7, 11) is 0. The SMILES string of the molecule is CCCCCC(CCCCC)c1cc(-c2cc(C)cc(C)c2)cc(-c2cc(C)cc(-c3cccc(-c4cc(C)cc(C)c4)c3)c2)c1.CCCCCC(CCCCC)c1cc(-c2cccc(-c3cc(C)cc(C)c3)c2)cc(-c2cccc(-c3cc(C)cc(C)c3)c2)c1.Cc1cc(C)cc(-c2cccc(-c3cc(-c4cccc(-c5cc(C)cc(C)c5)c4)cc(-c4nc(-c5ccccc5)nc(-c5ccccc5)n4)c3)c2)c1. The van der Waals surface area contributed by atoms with E-state index in [0.717, 1.165) is 38.9 Å². The number of rotatable bonds is 33.